The van der Waals surface area contributed by atoms with Gasteiger partial charge in [-0.1, -0.05) is 118 Å². The molecule has 1 atom stereocenters. The van der Waals surface area contributed by atoms with Crippen LogP contribution in [0.3, 0.4) is 0 Å². The average Bonchev–Trinajstić information content (AvgIpc) is 3.62. The first-order valence-electron chi connectivity index (χ1n) is 15.6. The number of amides is 1. The first-order valence-corrected chi connectivity index (χ1v) is 16.9. The van der Waals surface area contributed by atoms with Gasteiger partial charge < -0.3 is 4.74 Å². The van der Waals surface area contributed by atoms with Crippen LogP contribution in [-0.2, 0) is 11.4 Å². The molecule has 1 fully saturated rings. The molecule has 1 unspecified atom stereocenters. The summed E-state index contributed by atoms with van der Waals surface area (Å²) in [7, 11) is 0. The van der Waals surface area contributed by atoms with Crippen molar-refractivity contribution in [3.05, 3.63) is 119 Å². The van der Waals surface area contributed by atoms with Gasteiger partial charge in [0.1, 0.15) is 16.7 Å². The van der Waals surface area contributed by atoms with Gasteiger partial charge in [0.15, 0.2) is 0 Å². The quantitative estimate of drug-likeness (QED) is 0.101. The molecule has 45 heavy (non-hydrogen) atoms. The zero-order valence-corrected chi connectivity index (χ0v) is 27.3. The lowest BCUT2D eigenvalue weighted by molar-refractivity contribution is -0.122. The van der Waals surface area contributed by atoms with Crippen LogP contribution in [0.25, 0.3) is 33.8 Å². The van der Waals surface area contributed by atoms with E-state index in [1.807, 2.05) is 71.6 Å². The first-order chi connectivity index (χ1) is 22.0. The highest BCUT2D eigenvalue weighted by Gasteiger charge is 2.33. The van der Waals surface area contributed by atoms with Crippen molar-refractivity contribution in [1.82, 2.24) is 14.7 Å². The lowest BCUT2D eigenvalue weighted by Crippen LogP contribution is -2.33. The molecule has 7 heteroatoms. The van der Waals surface area contributed by atoms with Crippen LogP contribution in [0.1, 0.15) is 50.7 Å². The third-order valence-electron chi connectivity index (χ3n) is 8.31. The zero-order valence-electron chi connectivity index (χ0n) is 25.7. The van der Waals surface area contributed by atoms with Crippen LogP contribution in [0.2, 0.25) is 0 Å². The third kappa shape index (κ3) is 7.05. The van der Waals surface area contributed by atoms with Crippen LogP contribution in [0.15, 0.2) is 108 Å². The maximum Gasteiger partial charge on any atom is 0.266 e. The summed E-state index contributed by atoms with van der Waals surface area (Å²) in [4.78, 5) is 16.0. The Bertz CT molecular complexity index is 1820. The number of thiocarbonyl (C=S) groups is 1. The van der Waals surface area contributed by atoms with Crippen molar-refractivity contribution in [3.8, 4) is 22.7 Å². The minimum absolute atomic E-state index is 0.0180. The molecule has 0 radical (unpaired) electrons. The summed E-state index contributed by atoms with van der Waals surface area (Å²) < 4.78 is 8.70. The van der Waals surface area contributed by atoms with Crippen molar-refractivity contribution in [1.29, 1.82) is 0 Å². The van der Waals surface area contributed by atoms with Gasteiger partial charge in [0.05, 0.1) is 16.3 Å². The van der Waals surface area contributed by atoms with Gasteiger partial charge in [0.25, 0.3) is 5.91 Å². The van der Waals surface area contributed by atoms with E-state index in [0.717, 1.165) is 59.5 Å². The van der Waals surface area contributed by atoms with Crippen molar-refractivity contribution >= 4 is 51.1 Å². The van der Waals surface area contributed by atoms with Crippen molar-refractivity contribution in [2.75, 3.05) is 6.54 Å². The maximum atomic E-state index is 13.6. The fourth-order valence-corrected chi connectivity index (χ4v) is 6.96. The fourth-order valence-electron chi connectivity index (χ4n) is 5.69. The Labute approximate surface area is 274 Å². The molecule has 0 saturated carbocycles. The smallest absolute Gasteiger partial charge is 0.266 e. The lowest BCUT2D eigenvalue weighted by atomic mass is 9.99. The predicted molar refractivity (Wildman–Crippen MR) is 190 cm³/mol. The van der Waals surface area contributed by atoms with E-state index in [2.05, 4.69) is 56.3 Å². The topological polar surface area (TPSA) is 47.4 Å². The largest absolute Gasteiger partial charge is 0.489 e. The molecule has 0 N–H and O–H groups in total. The minimum Gasteiger partial charge on any atom is -0.489 e. The van der Waals surface area contributed by atoms with Gasteiger partial charge in [0, 0.05) is 23.9 Å². The number of thioether (sulfide) groups is 1. The molecular formula is C38H37N3O2S2. The number of aromatic nitrogens is 2. The zero-order chi connectivity index (χ0) is 31.2. The van der Waals surface area contributed by atoms with Crippen LogP contribution in [0.5, 0.6) is 5.75 Å². The highest BCUT2D eigenvalue weighted by atomic mass is 32.2. The normalized spacial score (nSPS) is 14.9. The van der Waals surface area contributed by atoms with Crippen LogP contribution in [0.4, 0.5) is 0 Å². The summed E-state index contributed by atoms with van der Waals surface area (Å²) in [6.07, 6.45) is 8.39. The number of benzene rings is 4. The van der Waals surface area contributed by atoms with Crippen molar-refractivity contribution < 1.29 is 9.53 Å². The van der Waals surface area contributed by atoms with E-state index in [4.69, 9.17) is 22.1 Å². The maximum absolute atomic E-state index is 13.6. The summed E-state index contributed by atoms with van der Waals surface area (Å²) in [6.45, 7) is 5.55. The van der Waals surface area contributed by atoms with Gasteiger partial charge in [0.2, 0.25) is 0 Å². The Hall–Kier alpha value is -4.20. The average molecular weight is 632 g/mol. The highest BCUT2D eigenvalue weighted by Crippen LogP contribution is 2.36. The summed E-state index contributed by atoms with van der Waals surface area (Å²) in [5.41, 5.74) is 4.69. The van der Waals surface area contributed by atoms with Crippen LogP contribution in [0, 0.1) is 5.92 Å². The molecule has 6 rings (SSSR count). The molecule has 0 bridgehead atoms. The van der Waals surface area contributed by atoms with Crippen LogP contribution >= 0.6 is 24.0 Å². The second-order valence-electron chi connectivity index (χ2n) is 11.4. The number of fused-ring (bicyclic) bond motifs is 1. The standard InChI is InChI=1S/C38H37N3O2S2/c1-3-5-12-27(4-2)24-40-37(42)35(45-38(40)44)23-31-25-41(32-16-7-6-8-17-32)39-36(31)29-19-21-33(22-20-29)43-26-30-15-11-14-28-13-9-10-18-34(28)30/h6-11,13-23,25,27H,3-5,12,24,26H2,1-2H3/b35-23-. The van der Waals surface area contributed by atoms with Crippen molar-refractivity contribution in [3.63, 3.8) is 0 Å². The van der Waals surface area contributed by atoms with E-state index in [1.165, 1.54) is 22.5 Å². The molecule has 5 nitrogen and oxygen atoms in total. The molecule has 0 spiro atoms. The van der Waals surface area contributed by atoms with Crippen molar-refractivity contribution in [2.45, 2.75) is 46.1 Å². The van der Waals surface area contributed by atoms with E-state index < -0.39 is 0 Å². The molecular weight excluding hydrogens is 595 g/mol. The Morgan fingerprint density at radius 3 is 2.47 bits per heavy atom. The van der Waals surface area contributed by atoms with Gasteiger partial charge in [-0.25, -0.2) is 4.68 Å². The number of carbonyl (C=O) groups is 1. The molecule has 228 valence electrons. The molecule has 1 aliphatic rings. The summed E-state index contributed by atoms with van der Waals surface area (Å²) in [6, 6.07) is 32.7. The Balaban J connectivity index is 1.26. The Morgan fingerprint density at radius 1 is 0.933 bits per heavy atom. The van der Waals surface area contributed by atoms with E-state index in [1.54, 1.807) is 4.90 Å². The Kier molecular flexibility index (Phi) is 9.77. The van der Waals surface area contributed by atoms with Crippen LogP contribution < -0.4 is 4.74 Å². The lowest BCUT2D eigenvalue weighted by Gasteiger charge is -2.21. The predicted octanol–water partition coefficient (Wildman–Crippen LogP) is 9.69. The van der Waals surface area contributed by atoms with E-state index in [-0.39, 0.29) is 5.91 Å². The minimum atomic E-state index is -0.0180. The molecule has 1 saturated heterocycles. The number of carbonyl (C=O) groups excluding carboxylic acids is 1. The number of nitrogens with zero attached hydrogens (tertiary/aromatic N) is 3. The fraction of sp³-hybridized carbons (Fsp3) is 0.237. The monoisotopic (exact) mass is 631 g/mol. The number of hydrogen-bond acceptors (Lipinski definition) is 5. The van der Waals surface area contributed by atoms with Gasteiger partial charge in [-0.05, 0) is 71.1 Å². The second-order valence-corrected chi connectivity index (χ2v) is 13.0. The number of ether oxygens (including phenoxy) is 1. The van der Waals surface area contributed by atoms with E-state index in [0.29, 0.717) is 28.3 Å². The van der Waals surface area contributed by atoms with Gasteiger partial charge in [-0.15, -0.1) is 0 Å². The first kappa shape index (κ1) is 30.8. The molecule has 4 aromatic carbocycles. The summed E-state index contributed by atoms with van der Waals surface area (Å²) in [5, 5.41) is 7.37. The van der Waals surface area contributed by atoms with E-state index in [9.17, 15) is 4.79 Å². The van der Waals surface area contributed by atoms with Crippen molar-refractivity contribution in [2.24, 2.45) is 5.92 Å². The molecule has 1 aromatic heterocycles. The SMILES string of the molecule is CCCCC(CC)CN1C(=O)/C(=C/c2cn(-c3ccccc3)nc2-c2ccc(OCc3cccc4ccccc34)cc2)SC1=S. The molecule has 1 amide bonds. The van der Waals surface area contributed by atoms with E-state index >= 15 is 0 Å². The summed E-state index contributed by atoms with van der Waals surface area (Å²) >= 11 is 7.07. The van der Waals surface area contributed by atoms with Gasteiger partial charge >= 0.3 is 0 Å². The molecule has 5 aromatic rings. The van der Waals surface area contributed by atoms with Gasteiger partial charge in [-0.2, -0.15) is 5.10 Å². The summed E-state index contributed by atoms with van der Waals surface area (Å²) in [5.74, 6) is 1.21. The molecule has 2 heterocycles. The van der Waals surface area contributed by atoms with Gasteiger partial charge in [-0.3, -0.25) is 9.69 Å². The molecule has 1 aliphatic heterocycles. The van der Waals surface area contributed by atoms with Crippen LogP contribution in [-0.4, -0.2) is 31.5 Å². The molecule has 0 aliphatic carbocycles. The third-order valence-corrected chi connectivity index (χ3v) is 9.69. The number of unbranched alkanes of at least 4 members (excludes halogenated alkanes) is 1. The Morgan fingerprint density at radius 2 is 1.69 bits per heavy atom. The second kappa shape index (κ2) is 14.3. The number of hydrogen-bond donors (Lipinski definition) is 0. The number of para-hydroxylation sites is 1. The highest BCUT2D eigenvalue weighted by molar-refractivity contribution is 8.26. The number of rotatable bonds is 12.